The van der Waals surface area contributed by atoms with Crippen molar-refractivity contribution >= 4 is 22.9 Å². The molecule has 22 heteroatoms. The van der Waals surface area contributed by atoms with Gasteiger partial charge in [0.25, 0.3) is 11.4 Å². The van der Waals surface area contributed by atoms with Crippen LogP contribution in [0, 0.1) is 23.7 Å². The first kappa shape index (κ1) is 46.5. The highest BCUT2D eigenvalue weighted by atomic mass is 16.8. The Labute approximate surface area is 393 Å². The van der Waals surface area contributed by atoms with E-state index in [9.17, 15) is 65.8 Å². The summed E-state index contributed by atoms with van der Waals surface area (Å²) in [4.78, 5) is 45.2. The van der Waals surface area contributed by atoms with E-state index >= 15 is 4.79 Å². The topological polar surface area (TPSA) is 378 Å². The van der Waals surface area contributed by atoms with Crippen molar-refractivity contribution in [2.45, 2.75) is 97.2 Å². The summed E-state index contributed by atoms with van der Waals surface area (Å²) in [7, 11) is 0. The minimum Gasteiger partial charge on any atom is -0.507 e. The molecule has 4 aromatic rings. The van der Waals surface area contributed by atoms with Gasteiger partial charge in [0, 0.05) is 83.4 Å². The van der Waals surface area contributed by atoms with Crippen molar-refractivity contribution in [2.75, 3.05) is 6.61 Å². The number of aromatic amines is 1. The number of dihydropyridines is 1. The lowest BCUT2D eigenvalue weighted by molar-refractivity contribution is -0.378. The first-order valence-corrected chi connectivity index (χ1v) is 21.7. The molecule has 2 saturated heterocycles. The van der Waals surface area contributed by atoms with Gasteiger partial charge >= 0.3 is 11.9 Å². The number of fused-ring (bicyclic) bond motifs is 6. The Morgan fingerprint density at radius 2 is 1.74 bits per heavy atom. The van der Waals surface area contributed by atoms with E-state index in [1.165, 1.54) is 18.3 Å². The molecule has 12 atom stereocenters. The molecular weight excluding hydrogens is 923 g/mol. The van der Waals surface area contributed by atoms with E-state index in [-0.39, 0.29) is 46.4 Å². The summed E-state index contributed by atoms with van der Waals surface area (Å²) in [6, 6.07) is 6.20. The molecule has 22 nitrogen and oxygen atoms in total. The standard InChI is InChI=1S/C48H43N3O19/c49-32-5-4-22(19-51-32)25-15-24-16-26-20(6-11-50-26)3-1-9-46(65)40(60)41(61)48(24,70-47(46)10-2-8-45(43(62)63)39(59)37(57)38(58)42(69-45)67-44(47)64)68-31-18-30-34(36(56)33(25)31)27(53)17-29(66-30)23-13-21(7-12-52)35(55)28(54)14-23/h4-6,11,13-15,17-19,25,32,37-42,50-52,54-61,65H,7,9-10,12,16,49H2,(H,62,63)/t25-,32?,37+,38+,39-,40+,41+,42-,45-,46-,47+,48-/m0/s1. The van der Waals surface area contributed by atoms with Gasteiger partial charge in [-0.2, -0.15) is 0 Å². The van der Waals surface area contributed by atoms with Crippen LogP contribution in [0.3, 0.4) is 0 Å². The summed E-state index contributed by atoms with van der Waals surface area (Å²) in [5.41, 5.74) is -3.50. The van der Waals surface area contributed by atoms with Crippen LogP contribution < -0.4 is 21.2 Å². The van der Waals surface area contributed by atoms with Gasteiger partial charge in [-0.15, -0.1) is 0 Å². The van der Waals surface area contributed by atoms with E-state index in [1.807, 2.05) is 0 Å². The molecule has 2 aromatic carbocycles. The molecule has 0 saturated carbocycles. The normalized spacial score (nSPS) is 34.0. The van der Waals surface area contributed by atoms with Gasteiger partial charge < -0.3 is 95.6 Å². The number of nitrogens with two attached hydrogens (primary N) is 1. The lowest BCUT2D eigenvalue weighted by atomic mass is 9.67. The van der Waals surface area contributed by atoms with Crippen molar-refractivity contribution in [1.82, 2.24) is 10.3 Å². The fourth-order valence-electron chi connectivity index (χ4n) is 9.88. The van der Waals surface area contributed by atoms with Gasteiger partial charge in [0.2, 0.25) is 11.9 Å². The summed E-state index contributed by atoms with van der Waals surface area (Å²) in [6.45, 7) is -0.420. The summed E-state index contributed by atoms with van der Waals surface area (Å²) >= 11 is 0. The number of phenols is 3. The number of aliphatic carboxylic acids is 1. The molecule has 70 heavy (non-hydrogen) atoms. The van der Waals surface area contributed by atoms with E-state index in [2.05, 4.69) is 34.0 Å². The van der Waals surface area contributed by atoms with E-state index in [1.54, 1.807) is 24.4 Å². The zero-order valence-electron chi connectivity index (χ0n) is 36.2. The molecule has 4 bridgehead atoms. The largest absolute Gasteiger partial charge is 0.507 e. The molecule has 364 valence electrons. The average molecular weight is 966 g/mol. The van der Waals surface area contributed by atoms with Crippen LogP contribution in [-0.2, 0) is 36.6 Å². The summed E-state index contributed by atoms with van der Waals surface area (Å²) in [5.74, 6) is -0.123. The molecule has 0 radical (unpaired) electrons. The predicted octanol–water partition coefficient (Wildman–Crippen LogP) is -1.70. The molecule has 7 aliphatic rings. The van der Waals surface area contributed by atoms with Gasteiger partial charge in [-0.25, -0.2) is 9.59 Å². The van der Waals surface area contributed by atoms with Crippen LogP contribution in [0.4, 0.5) is 0 Å². The Morgan fingerprint density at radius 1 is 0.957 bits per heavy atom. The van der Waals surface area contributed by atoms with Crippen LogP contribution in [0.25, 0.3) is 22.3 Å². The zero-order chi connectivity index (χ0) is 49.8. The van der Waals surface area contributed by atoms with Gasteiger partial charge in [-0.05, 0) is 36.3 Å². The highest BCUT2D eigenvalue weighted by Gasteiger charge is 2.75. The molecule has 2 fully saturated rings. The molecule has 2 aromatic heterocycles. The average Bonchev–Trinajstić information content (AvgIpc) is 3.72. The lowest BCUT2D eigenvalue weighted by Gasteiger charge is -2.57. The SMILES string of the molecule is NC1C=CC([C@@H]2C=C3Cc4[nH]ccc4C#CC[C@]4(O)[C@H](O)[C@@H](O)[C@@]3(Oc3cc5oc(-c6cc(O)c(O)c(CCO)c6)cc(=O)c5c(O)c32)O[C@@]42CC#C[C@]3(C(=O)O)O[C@H](OC2=O)[C@H](O)[C@@H](O)[C@@H]3O)=CN1. The van der Waals surface area contributed by atoms with Gasteiger partial charge in [-0.1, -0.05) is 35.8 Å². The van der Waals surface area contributed by atoms with Crippen molar-refractivity contribution in [3.05, 3.63) is 105 Å². The van der Waals surface area contributed by atoms with Crippen LogP contribution in [0.5, 0.6) is 23.0 Å². The van der Waals surface area contributed by atoms with Gasteiger partial charge in [0.1, 0.15) is 58.2 Å². The number of aromatic hydroxyl groups is 3. The van der Waals surface area contributed by atoms with E-state index < -0.39 is 137 Å². The molecule has 15 N–H and O–H groups in total. The number of phenolic OH excluding ortho intramolecular Hbond substituents is 3. The van der Waals surface area contributed by atoms with Crippen molar-refractivity contribution < 1.29 is 89.1 Å². The number of ether oxygens (including phenoxy) is 4. The summed E-state index contributed by atoms with van der Waals surface area (Å²) < 4.78 is 30.8. The van der Waals surface area contributed by atoms with Crippen LogP contribution in [0.15, 0.2) is 81.3 Å². The molecule has 0 amide bonds. The molecular formula is C48H43N3O19. The second-order valence-electron chi connectivity index (χ2n) is 17.7. The smallest absolute Gasteiger partial charge is 0.351 e. The van der Waals surface area contributed by atoms with E-state index in [4.69, 9.17) is 29.1 Å². The fraction of sp³-hybridized carbons (Fsp3) is 0.354. The molecule has 11 rings (SSSR count). The second-order valence-corrected chi connectivity index (χ2v) is 17.7. The number of carboxylic acids is 1. The summed E-state index contributed by atoms with van der Waals surface area (Å²) in [5, 5.41) is 127. The van der Waals surface area contributed by atoms with Crippen LogP contribution in [0.1, 0.15) is 41.1 Å². The number of carboxylic acid groups (broad SMARTS) is 1. The number of esters is 1. The number of aromatic nitrogens is 1. The van der Waals surface area contributed by atoms with Crippen molar-refractivity contribution in [3.63, 3.8) is 0 Å². The third kappa shape index (κ3) is 6.73. The lowest BCUT2D eigenvalue weighted by Crippen LogP contribution is -2.80. The number of rotatable bonds is 5. The molecule has 2 spiro atoms. The fourth-order valence-corrected chi connectivity index (χ4v) is 9.88. The zero-order valence-corrected chi connectivity index (χ0v) is 36.2. The maximum Gasteiger partial charge on any atom is 0.351 e. The predicted molar refractivity (Wildman–Crippen MR) is 235 cm³/mol. The summed E-state index contributed by atoms with van der Waals surface area (Å²) in [6.07, 6.45) is -10.1. The molecule has 6 aliphatic heterocycles. The van der Waals surface area contributed by atoms with Crippen molar-refractivity contribution in [3.8, 4) is 58.0 Å². The Balaban J connectivity index is 1.25. The van der Waals surface area contributed by atoms with Gasteiger partial charge in [0.05, 0.1) is 12.6 Å². The second kappa shape index (κ2) is 16.5. The maximum atomic E-state index is 15.1. The number of carbonyl (C=O) groups is 2. The van der Waals surface area contributed by atoms with E-state index in [0.29, 0.717) is 16.8 Å². The maximum absolute atomic E-state index is 15.1. The highest BCUT2D eigenvalue weighted by molar-refractivity contribution is 5.90. The quantitative estimate of drug-likeness (QED) is 0.0459. The third-order valence-electron chi connectivity index (χ3n) is 13.7. The van der Waals surface area contributed by atoms with Crippen molar-refractivity contribution in [2.24, 2.45) is 5.73 Å². The first-order valence-electron chi connectivity index (χ1n) is 21.7. The van der Waals surface area contributed by atoms with Crippen LogP contribution >= 0.6 is 0 Å². The van der Waals surface area contributed by atoms with Crippen LogP contribution in [-0.4, -0.2) is 145 Å². The number of aliphatic hydroxyl groups is 7. The number of carbonyl (C=O) groups excluding carboxylic acids is 1. The molecule has 1 unspecified atom stereocenters. The van der Waals surface area contributed by atoms with Gasteiger partial charge in [-0.3, -0.25) is 4.79 Å². The van der Waals surface area contributed by atoms with Gasteiger partial charge in [0.15, 0.2) is 23.0 Å². The number of allylic oxidation sites excluding steroid dienone is 3. The molecule has 1 aliphatic carbocycles. The van der Waals surface area contributed by atoms with Crippen LogP contribution in [0.2, 0.25) is 0 Å². The minimum atomic E-state index is -3.15. The monoisotopic (exact) mass is 965 g/mol. The Bertz CT molecular complexity index is 3190. The number of aliphatic hydroxyl groups excluding tert-OH is 6. The number of hydrogen-bond acceptors (Lipinski definition) is 20. The first-order chi connectivity index (χ1) is 33.3. The minimum absolute atomic E-state index is 0.0549. The number of nitrogens with one attached hydrogen (secondary N) is 2. The number of hydrogen-bond donors (Lipinski definition) is 14. The Morgan fingerprint density at radius 3 is 2.47 bits per heavy atom. The highest BCUT2D eigenvalue weighted by Crippen LogP contribution is 2.56. The van der Waals surface area contributed by atoms with E-state index in [0.717, 1.165) is 18.2 Å². The Hall–Kier alpha value is -7.19. The van der Waals surface area contributed by atoms with Crippen molar-refractivity contribution in [1.29, 1.82) is 0 Å². The third-order valence-corrected chi connectivity index (χ3v) is 13.7. The molecule has 8 heterocycles. The number of H-pyrrole nitrogens is 1. The number of benzene rings is 2. The Kier molecular flexibility index (Phi) is 10.9.